The molecule has 0 saturated heterocycles. The maximum Gasteiger partial charge on any atom is 0.312 e. The first-order valence-electron chi connectivity index (χ1n) is 29.2. The molecule has 9 rings (SSSR count). The number of carbonyl (C=O) groups excluding carboxylic acids is 2. The Labute approximate surface area is 404 Å². The summed E-state index contributed by atoms with van der Waals surface area (Å²) in [6, 6.07) is 0. The Morgan fingerprint density at radius 3 is 2.03 bits per heavy atom. The van der Waals surface area contributed by atoms with Gasteiger partial charge >= 0.3 is 5.97 Å². The highest BCUT2D eigenvalue weighted by molar-refractivity contribution is 5.85. The van der Waals surface area contributed by atoms with Gasteiger partial charge in [0.1, 0.15) is 11.9 Å². The standard InChI is InChI=1S/C56H90O3.3C2H6/c1-35(2)14-12-13-15-37-17-19-42-41-18-16-38-34-39(22-27-52(38,8)43(41)24-28-51(37,42)7)59-49(58)56-31-23-40(36(3)4)48(56)44-20-21-46-53(9)29-26-47(57)50(5,6)45(53)25-30-55(46,11)54(44,10)32-33-56;3*1-2/h16,35-37,39-46,48H,12-15,17-34H2,1-11H3;3*1-2H3/t37-,39-,40?,41-,42-,43-,44+,45?,46+,48?,51+,52-,53-,54+,55+,56-;;;/m0.../s1. The lowest BCUT2D eigenvalue weighted by atomic mass is 9.32. The van der Waals surface area contributed by atoms with Crippen molar-refractivity contribution in [2.75, 3.05) is 0 Å². The van der Waals surface area contributed by atoms with E-state index in [4.69, 9.17) is 4.74 Å². The van der Waals surface area contributed by atoms with Crippen LogP contribution in [0.2, 0.25) is 0 Å². The van der Waals surface area contributed by atoms with Gasteiger partial charge < -0.3 is 4.74 Å². The zero-order chi connectivity index (χ0) is 48.1. The summed E-state index contributed by atoms with van der Waals surface area (Å²) in [6.45, 7) is 39.6. The van der Waals surface area contributed by atoms with Crippen molar-refractivity contribution in [3.8, 4) is 0 Å². The first-order valence-corrected chi connectivity index (χ1v) is 29.2. The van der Waals surface area contributed by atoms with Crippen molar-refractivity contribution in [1.82, 2.24) is 0 Å². The normalized spacial score (nSPS) is 46.6. The van der Waals surface area contributed by atoms with Crippen LogP contribution in [0.5, 0.6) is 0 Å². The van der Waals surface area contributed by atoms with Gasteiger partial charge in [0, 0.05) is 18.3 Å². The van der Waals surface area contributed by atoms with Gasteiger partial charge in [-0.15, -0.1) is 0 Å². The van der Waals surface area contributed by atoms with Crippen LogP contribution in [0, 0.1) is 103 Å². The van der Waals surface area contributed by atoms with Crippen molar-refractivity contribution in [2.45, 2.75) is 265 Å². The molecule has 0 aromatic carbocycles. The first-order chi connectivity index (χ1) is 30.8. The second-order valence-corrected chi connectivity index (χ2v) is 26.5. The molecule has 0 aromatic rings. The average molecular weight is 902 g/mol. The highest BCUT2D eigenvalue weighted by Gasteiger charge is 2.72. The molecule has 8 fully saturated rings. The Morgan fingerprint density at radius 2 is 1.35 bits per heavy atom. The van der Waals surface area contributed by atoms with Crippen molar-refractivity contribution in [1.29, 1.82) is 0 Å². The van der Waals surface area contributed by atoms with E-state index in [9.17, 15) is 4.79 Å². The van der Waals surface area contributed by atoms with E-state index < -0.39 is 0 Å². The third-order valence-electron chi connectivity index (χ3n) is 23.6. The number of Topliss-reactive ketones (excluding diaryl/α,β-unsaturated/α-hetero) is 1. The third-order valence-corrected chi connectivity index (χ3v) is 23.6. The van der Waals surface area contributed by atoms with Gasteiger partial charge in [-0.3, -0.25) is 9.59 Å². The third kappa shape index (κ3) is 8.37. The van der Waals surface area contributed by atoms with Gasteiger partial charge in [0.2, 0.25) is 0 Å². The van der Waals surface area contributed by atoms with Crippen LogP contribution >= 0.6 is 0 Å². The van der Waals surface area contributed by atoms with Crippen LogP contribution in [0.1, 0.15) is 259 Å². The second-order valence-electron chi connectivity index (χ2n) is 26.5. The molecule has 0 spiro atoms. The highest BCUT2D eigenvalue weighted by Crippen LogP contribution is 2.78. The molecule has 3 nitrogen and oxygen atoms in total. The van der Waals surface area contributed by atoms with E-state index in [0.29, 0.717) is 46.7 Å². The van der Waals surface area contributed by atoms with Gasteiger partial charge in [-0.25, -0.2) is 0 Å². The maximum atomic E-state index is 15.2. The number of rotatable bonds is 8. The zero-order valence-electron chi connectivity index (χ0n) is 46.3. The molecule has 0 amide bonds. The van der Waals surface area contributed by atoms with Gasteiger partial charge in [-0.1, -0.05) is 149 Å². The highest BCUT2D eigenvalue weighted by atomic mass is 16.5. The zero-order valence-corrected chi connectivity index (χ0v) is 46.3. The fourth-order valence-corrected chi connectivity index (χ4v) is 20.1. The summed E-state index contributed by atoms with van der Waals surface area (Å²) in [6.07, 6.45) is 30.0. The minimum atomic E-state index is -0.308. The van der Waals surface area contributed by atoms with Crippen LogP contribution in [0.3, 0.4) is 0 Å². The van der Waals surface area contributed by atoms with E-state index >= 15 is 4.79 Å². The molecule has 0 radical (unpaired) electrons. The number of ether oxygens (including phenoxy) is 1. The number of carbonyl (C=O) groups is 2. The molecule has 0 aromatic heterocycles. The summed E-state index contributed by atoms with van der Waals surface area (Å²) in [5.41, 5.74) is 2.69. The Balaban J connectivity index is 0.00000112. The summed E-state index contributed by atoms with van der Waals surface area (Å²) >= 11 is 0. The van der Waals surface area contributed by atoms with Gasteiger partial charge in [-0.05, 0) is 201 Å². The molecule has 65 heavy (non-hydrogen) atoms. The Bertz CT molecular complexity index is 1670. The predicted octanol–water partition coefficient (Wildman–Crippen LogP) is 18.1. The van der Waals surface area contributed by atoms with Crippen molar-refractivity contribution >= 4 is 11.8 Å². The molecule has 0 heterocycles. The van der Waals surface area contributed by atoms with Crippen molar-refractivity contribution < 1.29 is 14.3 Å². The van der Waals surface area contributed by atoms with Gasteiger partial charge in [0.15, 0.2) is 0 Å². The van der Waals surface area contributed by atoms with E-state index in [0.717, 1.165) is 68.1 Å². The first kappa shape index (κ1) is 53.2. The van der Waals surface area contributed by atoms with Crippen LogP contribution in [0.15, 0.2) is 11.6 Å². The van der Waals surface area contributed by atoms with Crippen LogP contribution in [0.25, 0.3) is 0 Å². The smallest absolute Gasteiger partial charge is 0.312 e. The van der Waals surface area contributed by atoms with Crippen molar-refractivity contribution in [3.63, 3.8) is 0 Å². The van der Waals surface area contributed by atoms with Gasteiger partial charge in [-0.2, -0.15) is 0 Å². The van der Waals surface area contributed by atoms with E-state index in [2.05, 4.69) is 82.2 Å². The van der Waals surface area contributed by atoms with E-state index in [1.807, 2.05) is 41.5 Å². The molecular weight excluding hydrogens is 793 g/mol. The number of allylic oxidation sites excluding steroid dienone is 1. The fourth-order valence-electron chi connectivity index (χ4n) is 20.1. The van der Waals surface area contributed by atoms with Gasteiger partial charge in [0.25, 0.3) is 0 Å². The SMILES string of the molecule is CC.CC.CC.CC(C)CCCC[C@H]1CC[C@H]2[C@@H]3CC=C4C[C@@H](OC(=O)[C@]56CCC(C(C)C)C5[C@H]5CC[C@@H]7[C@@]8(C)CCC(=O)C(C)(C)C8CC[C@@]7(C)[C@]5(C)CC6)CC[C@]4(C)[C@H]3CC[C@]12C. The number of ketones is 1. The molecular formula is C62H108O3. The van der Waals surface area contributed by atoms with E-state index in [1.54, 1.807) is 5.57 Å². The lowest BCUT2D eigenvalue weighted by molar-refractivity contribution is -0.238. The number of fused-ring (bicyclic) bond motifs is 12. The molecule has 374 valence electrons. The van der Waals surface area contributed by atoms with E-state index in [-0.39, 0.29) is 44.6 Å². The Hall–Kier alpha value is -1.12. The maximum absolute atomic E-state index is 15.2. The van der Waals surface area contributed by atoms with Crippen molar-refractivity contribution in [3.05, 3.63) is 11.6 Å². The number of esters is 1. The minimum Gasteiger partial charge on any atom is -0.462 e. The number of hydrogen-bond acceptors (Lipinski definition) is 3. The largest absolute Gasteiger partial charge is 0.462 e. The molecule has 3 unspecified atom stereocenters. The topological polar surface area (TPSA) is 43.4 Å². The Morgan fingerprint density at radius 1 is 0.662 bits per heavy atom. The monoisotopic (exact) mass is 901 g/mol. The van der Waals surface area contributed by atoms with Crippen molar-refractivity contribution in [2.24, 2.45) is 103 Å². The molecule has 8 saturated carbocycles. The molecule has 0 N–H and O–H groups in total. The summed E-state index contributed by atoms with van der Waals surface area (Å²) < 4.78 is 7.01. The summed E-state index contributed by atoms with van der Waals surface area (Å²) in [4.78, 5) is 28.5. The summed E-state index contributed by atoms with van der Waals surface area (Å²) in [7, 11) is 0. The lowest BCUT2D eigenvalue weighted by Crippen LogP contribution is -2.67. The van der Waals surface area contributed by atoms with Crippen LogP contribution in [0.4, 0.5) is 0 Å². The molecule has 16 atom stereocenters. The minimum absolute atomic E-state index is 0.0520. The molecule has 3 heteroatoms. The quantitative estimate of drug-likeness (QED) is 0.138. The average Bonchev–Trinajstić information content (AvgIpc) is 3.85. The van der Waals surface area contributed by atoms with E-state index in [1.165, 1.54) is 103 Å². The molecule has 0 bridgehead atoms. The number of hydrogen-bond donors (Lipinski definition) is 0. The number of unbranched alkanes of at least 4 members (excludes halogenated alkanes) is 1. The predicted molar refractivity (Wildman–Crippen MR) is 276 cm³/mol. The fraction of sp³-hybridized carbons (Fsp3) is 0.935. The summed E-state index contributed by atoms with van der Waals surface area (Å²) in [5, 5.41) is 0. The molecule has 9 aliphatic rings. The van der Waals surface area contributed by atoms with Crippen LogP contribution in [-0.4, -0.2) is 17.9 Å². The van der Waals surface area contributed by atoms with Crippen LogP contribution < -0.4 is 0 Å². The van der Waals surface area contributed by atoms with Crippen LogP contribution in [-0.2, 0) is 14.3 Å². The second kappa shape index (κ2) is 19.9. The Kier molecular flexibility index (Phi) is 16.3. The molecule has 9 aliphatic carbocycles. The lowest BCUT2D eigenvalue weighted by Gasteiger charge is -2.72. The van der Waals surface area contributed by atoms with Gasteiger partial charge in [0.05, 0.1) is 5.41 Å². The molecule has 0 aliphatic heterocycles. The summed E-state index contributed by atoms with van der Waals surface area (Å²) in [5.74, 6) is 8.42.